The number of nitrogens with one attached hydrogen (secondary N) is 2. The smallest absolute Gasteiger partial charge is 0.163 e. The molecule has 2 N–H and O–H groups in total. The fourth-order valence-corrected chi connectivity index (χ4v) is 2.11. The van der Waals surface area contributed by atoms with Crippen molar-refractivity contribution in [1.82, 2.24) is 29.9 Å². The van der Waals surface area contributed by atoms with E-state index < -0.39 is 0 Å². The van der Waals surface area contributed by atoms with E-state index in [1.807, 2.05) is 20.9 Å². The van der Waals surface area contributed by atoms with Gasteiger partial charge in [0.1, 0.15) is 12.1 Å². The lowest BCUT2D eigenvalue weighted by Crippen LogP contribution is -2.04. The molecule has 7 nitrogen and oxygen atoms in total. The second-order valence-corrected chi connectivity index (χ2v) is 4.49. The zero-order valence-electron chi connectivity index (χ0n) is 11.1. The van der Waals surface area contributed by atoms with E-state index in [0.29, 0.717) is 6.54 Å². The van der Waals surface area contributed by atoms with Crippen molar-refractivity contribution in [3.8, 4) is 0 Å². The summed E-state index contributed by atoms with van der Waals surface area (Å²) < 4.78 is 1.73. The number of rotatable bonds is 3. The van der Waals surface area contributed by atoms with Crippen LogP contribution in [0.3, 0.4) is 0 Å². The van der Waals surface area contributed by atoms with Crippen LogP contribution >= 0.6 is 0 Å². The maximum Gasteiger partial charge on any atom is 0.163 e. The van der Waals surface area contributed by atoms with Crippen LogP contribution in [0.25, 0.3) is 11.0 Å². The fourth-order valence-electron chi connectivity index (χ4n) is 2.11. The van der Waals surface area contributed by atoms with Crippen molar-refractivity contribution < 1.29 is 0 Å². The summed E-state index contributed by atoms with van der Waals surface area (Å²) in [5.41, 5.74) is 4.05. The van der Waals surface area contributed by atoms with E-state index in [4.69, 9.17) is 0 Å². The minimum absolute atomic E-state index is 0.676. The van der Waals surface area contributed by atoms with Crippen molar-refractivity contribution >= 4 is 16.9 Å². The van der Waals surface area contributed by atoms with Crippen LogP contribution in [0.1, 0.15) is 17.0 Å². The summed E-state index contributed by atoms with van der Waals surface area (Å²) in [5.74, 6) is 0.790. The van der Waals surface area contributed by atoms with Gasteiger partial charge in [-0.3, -0.25) is 9.78 Å². The molecule has 3 rings (SSSR count). The Morgan fingerprint density at radius 1 is 1.32 bits per heavy atom. The van der Waals surface area contributed by atoms with Crippen molar-refractivity contribution in [2.24, 2.45) is 7.05 Å². The van der Waals surface area contributed by atoms with Crippen LogP contribution in [0.4, 0.5) is 5.82 Å². The number of nitrogens with zero attached hydrogens (tertiary/aromatic N) is 5. The van der Waals surface area contributed by atoms with E-state index in [9.17, 15) is 0 Å². The van der Waals surface area contributed by atoms with Gasteiger partial charge in [-0.25, -0.2) is 9.97 Å². The van der Waals surface area contributed by atoms with Crippen molar-refractivity contribution in [1.29, 1.82) is 0 Å². The molecule has 0 saturated heterocycles. The highest BCUT2D eigenvalue weighted by atomic mass is 15.3. The molecule has 3 aromatic heterocycles. The molecule has 0 amide bonds. The predicted molar refractivity (Wildman–Crippen MR) is 71.7 cm³/mol. The first-order valence-corrected chi connectivity index (χ1v) is 6.04. The van der Waals surface area contributed by atoms with Gasteiger partial charge in [0.2, 0.25) is 0 Å². The summed E-state index contributed by atoms with van der Waals surface area (Å²) in [6.45, 7) is 4.67. The number of aromatic nitrogens is 6. The van der Waals surface area contributed by atoms with Gasteiger partial charge in [-0.15, -0.1) is 0 Å². The van der Waals surface area contributed by atoms with Crippen LogP contribution < -0.4 is 5.32 Å². The Balaban J connectivity index is 1.90. The summed E-state index contributed by atoms with van der Waals surface area (Å²) in [5, 5.41) is 15.6. The molecule has 19 heavy (non-hydrogen) atoms. The number of fused-ring (bicyclic) bond motifs is 1. The van der Waals surface area contributed by atoms with Crippen molar-refractivity contribution in [2.45, 2.75) is 20.4 Å². The van der Waals surface area contributed by atoms with E-state index in [1.54, 1.807) is 17.2 Å². The fraction of sp³-hybridized carbons (Fsp3) is 0.333. The monoisotopic (exact) mass is 257 g/mol. The molecule has 0 aliphatic heterocycles. The third-order valence-electron chi connectivity index (χ3n) is 3.24. The standard InChI is InChI=1S/C12H15N7/c1-7-9(8(2)18-17-7)4-13-11-10-5-16-19(3)12(10)15-6-14-11/h5-6H,4H2,1-3H3,(H,17,18)(H,13,14,15). The minimum Gasteiger partial charge on any atom is -0.365 e. The van der Waals surface area contributed by atoms with Gasteiger partial charge in [0, 0.05) is 24.8 Å². The molecule has 0 unspecified atom stereocenters. The molecule has 0 spiro atoms. The van der Waals surface area contributed by atoms with Crippen LogP contribution in [0, 0.1) is 13.8 Å². The van der Waals surface area contributed by atoms with Gasteiger partial charge >= 0.3 is 0 Å². The van der Waals surface area contributed by atoms with Gasteiger partial charge in [0.25, 0.3) is 0 Å². The second kappa shape index (κ2) is 4.34. The van der Waals surface area contributed by atoms with Gasteiger partial charge in [-0.05, 0) is 13.8 Å². The zero-order valence-corrected chi connectivity index (χ0v) is 11.1. The van der Waals surface area contributed by atoms with E-state index in [-0.39, 0.29) is 0 Å². The maximum atomic E-state index is 4.27. The summed E-state index contributed by atoms with van der Waals surface area (Å²) in [4.78, 5) is 8.49. The van der Waals surface area contributed by atoms with Gasteiger partial charge in [-0.1, -0.05) is 0 Å². The molecule has 3 aromatic rings. The van der Waals surface area contributed by atoms with Crippen LogP contribution in [-0.4, -0.2) is 29.9 Å². The third kappa shape index (κ3) is 1.92. The average molecular weight is 257 g/mol. The first-order chi connectivity index (χ1) is 9.16. The number of H-pyrrole nitrogens is 1. The van der Waals surface area contributed by atoms with E-state index >= 15 is 0 Å². The summed E-state index contributed by atoms with van der Waals surface area (Å²) >= 11 is 0. The molecular formula is C12H15N7. The first-order valence-electron chi connectivity index (χ1n) is 6.04. The lowest BCUT2D eigenvalue weighted by Gasteiger charge is -2.06. The Kier molecular flexibility index (Phi) is 2.66. The quantitative estimate of drug-likeness (QED) is 0.739. The minimum atomic E-state index is 0.676. The lowest BCUT2D eigenvalue weighted by atomic mass is 10.2. The van der Waals surface area contributed by atoms with Gasteiger partial charge < -0.3 is 5.32 Å². The Hall–Kier alpha value is -2.44. The Labute approximate surface area is 110 Å². The van der Waals surface area contributed by atoms with Gasteiger partial charge in [0.05, 0.1) is 17.3 Å². The van der Waals surface area contributed by atoms with Crippen LogP contribution in [0.15, 0.2) is 12.5 Å². The van der Waals surface area contributed by atoms with Crippen LogP contribution in [-0.2, 0) is 13.6 Å². The molecule has 3 heterocycles. The molecule has 0 saturated carbocycles. The summed E-state index contributed by atoms with van der Waals surface area (Å²) in [6, 6.07) is 0. The SMILES string of the molecule is Cc1n[nH]c(C)c1CNc1ncnc2c1cnn2C. The highest BCUT2D eigenvalue weighted by Crippen LogP contribution is 2.19. The number of aryl methyl sites for hydroxylation is 3. The topological polar surface area (TPSA) is 84.3 Å². The lowest BCUT2D eigenvalue weighted by molar-refractivity contribution is 0.785. The average Bonchev–Trinajstić information content (AvgIpc) is 2.93. The Morgan fingerprint density at radius 3 is 2.89 bits per heavy atom. The largest absolute Gasteiger partial charge is 0.365 e. The zero-order chi connectivity index (χ0) is 13.4. The molecule has 0 aliphatic rings. The maximum absolute atomic E-state index is 4.27. The highest BCUT2D eigenvalue weighted by molar-refractivity contribution is 5.85. The molecule has 0 radical (unpaired) electrons. The number of anilines is 1. The van der Waals surface area contributed by atoms with Crippen molar-refractivity contribution in [3.05, 3.63) is 29.5 Å². The molecule has 98 valence electrons. The number of hydrogen-bond donors (Lipinski definition) is 2. The molecule has 0 aromatic carbocycles. The molecule has 0 fully saturated rings. The number of hydrogen-bond acceptors (Lipinski definition) is 5. The second-order valence-electron chi connectivity index (χ2n) is 4.49. The van der Waals surface area contributed by atoms with Gasteiger partial charge in [0.15, 0.2) is 5.65 Å². The first kappa shape index (κ1) is 11.6. The molecule has 0 bridgehead atoms. The van der Waals surface area contributed by atoms with Crippen molar-refractivity contribution in [3.63, 3.8) is 0 Å². The normalized spacial score (nSPS) is 11.1. The van der Waals surface area contributed by atoms with Crippen LogP contribution in [0.2, 0.25) is 0 Å². The van der Waals surface area contributed by atoms with Crippen LogP contribution in [0.5, 0.6) is 0 Å². The molecule has 0 aliphatic carbocycles. The van der Waals surface area contributed by atoms with E-state index in [2.05, 4.69) is 30.6 Å². The van der Waals surface area contributed by atoms with Gasteiger partial charge in [-0.2, -0.15) is 10.2 Å². The predicted octanol–water partition coefficient (Wildman–Crippen LogP) is 1.32. The Bertz CT molecular complexity index is 705. The summed E-state index contributed by atoms with van der Waals surface area (Å²) in [6.07, 6.45) is 3.31. The van der Waals surface area contributed by atoms with Crippen molar-refractivity contribution in [2.75, 3.05) is 5.32 Å². The van der Waals surface area contributed by atoms with E-state index in [0.717, 1.165) is 33.8 Å². The molecular weight excluding hydrogens is 242 g/mol. The molecule has 0 atom stereocenters. The summed E-state index contributed by atoms with van der Waals surface area (Å²) in [7, 11) is 1.86. The van der Waals surface area contributed by atoms with E-state index in [1.165, 1.54) is 0 Å². The number of aromatic amines is 1. The highest BCUT2D eigenvalue weighted by Gasteiger charge is 2.10. The third-order valence-corrected chi connectivity index (χ3v) is 3.24. The molecule has 7 heteroatoms. The Morgan fingerprint density at radius 2 is 2.16 bits per heavy atom.